The Morgan fingerprint density at radius 2 is 1.69 bits per heavy atom. The van der Waals surface area contributed by atoms with Crippen LogP contribution in [0.4, 0.5) is 8.78 Å². The van der Waals surface area contributed by atoms with Crippen LogP contribution in [-0.2, 0) is 11.3 Å². The van der Waals surface area contributed by atoms with E-state index in [1.807, 2.05) is 0 Å². The Morgan fingerprint density at radius 1 is 1.03 bits per heavy atom. The summed E-state index contributed by atoms with van der Waals surface area (Å²) in [4.78, 5) is 25.0. The van der Waals surface area contributed by atoms with Crippen molar-refractivity contribution in [3.63, 3.8) is 0 Å². The monoisotopic (exact) mass is 404 g/mol. The van der Waals surface area contributed by atoms with Gasteiger partial charge in [-0.15, -0.1) is 0 Å². The third-order valence-corrected chi connectivity index (χ3v) is 4.53. The van der Waals surface area contributed by atoms with Crippen molar-refractivity contribution in [2.24, 2.45) is 5.92 Å². The highest BCUT2D eigenvalue weighted by atomic mass is 19.1. The van der Waals surface area contributed by atoms with Crippen LogP contribution in [0.3, 0.4) is 0 Å². The molecule has 1 aliphatic heterocycles. The molecule has 0 fully saturated rings. The molecule has 1 atom stereocenters. The number of benzene rings is 2. The molecule has 0 radical (unpaired) electrons. The van der Waals surface area contributed by atoms with E-state index in [-0.39, 0.29) is 12.5 Å². The van der Waals surface area contributed by atoms with Gasteiger partial charge in [-0.25, -0.2) is 8.78 Å². The molecule has 2 amide bonds. The van der Waals surface area contributed by atoms with E-state index in [0.29, 0.717) is 24.7 Å². The summed E-state index contributed by atoms with van der Waals surface area (Å²) in [6.45, 7) is 4.47. The van der Waals surface area contributed by atoms with Crippen molar-refractivity contribution in [1.29, 1.82) is 0 Å². The van der Waals surface area contributed by atoms with E-state index in [9.17, 15) is 18.4 Å². The number of carbonyl (C=O) groups excluding carboxylic acids is 2. The molecule has 6 nitrogen and oxygen atoms in total. The largest absolute Gasteiger partial charge is 0.486 e. The summed E-state index contributed by atoms with van der Waals surface area (Å²) in [5, 5.41) is 5.17. The van der Waals surface area contributed by atoms with Crippen LogP contribution in [0.2, 0.25) is 0 Å². The number of halogens is 2. The van der Waals surface area contributed by atoms with E-state index in [4.69, 9.17) is 9.47 Å². The Balaban J connectivity index is 1.70. The molecule has 154 valence electrons. The SMILES string of the molecule is CC(C)C(NC(=O)c1c(F)cccc1F)C(=O)NCc1cccc2c1OCCO2. The molecule has 0 aliphatic carbocycles. The lowest BCUT2D eigenvalue weighted by Crippen LogP contribution is -2.49. The van der Waals surface area contributed by atoms with Crippen LogP contribution in [0.25, 0.3) is 0 Å². The molecule has 29 heavy (non-hydrogen) atoms. The first kappa shape index (κ1) is 20.6. The quantitative estimate of drug-likeness (QED) is 0.776. The lowest BCUT2D eigenvalue weighted by Gasteiger charge is -2.24. The third-order valence-electron chi connectivity index (χ3n) is 4.53. The minimum atomic E-state index is -0.988. The molecule has 2 aromatic rings. The van der Waals surface area contributed by atoms with Crippen molar-refractivity contribution in [2.45, 2.75) is 26.4 Å². The van der Waals surface area contributed by atoms with Gasteiger partial charge in [0.15, 0.2) is 11.5 Å². The van der Waals surface area contributed by atoms with E-state index in [0.717, 1.165) is 17.7 Å². The fourth-order valence-corrected chi connectivity index (χ4v) is 3.03. The second-order valence-electron chi connectivity index (χ2n) is 6.95. The van der Waals surface area contributed by atoms with Crippen molar-refractivity contribution < 1.29 is 27.8 Å². The highest BCUT2D eigenvalue weighted by Crippen LogP contribution is 2.33. The Labute approximate surface area is 167 Å². The summed E-state index contributed by atoms with van der Waals surface area (Å²) in [5.41, 5.74) is 0.0122. The zero-order valence-electron chi connectivity index (χ0n) is 16.1. The first-order valence-corrected chi connectivity index (χ1v) is 9.28. The van der Waals surface area contributed by atoms with Gasteiger partial charge in [0.05, 0.1) is 0 Å². The predicted octanol–water partition coefficient (Wildman–Crippen LogP) is 2.81. The van der Waals surface area contributed by atoms with Gasteiger partial charge in [0.25, 0.3) is 5.91 Å². The van der Waals surface area contributed by atoms with E-state index in [1.165, 1.54) is 6.07 Å². The molecular formula is C21H22F2N2O4. The predicted molar refractivity (Wildman–Crippen MR) is 102 cm³/mol. The molecule has 1 heterocycles. The van der Waals surface area contributed by atoms with E-state index in [2.05, 4.69) is 10.6 Å². The van der Waals surface area contributed by atoms with Crippen LogP contribution >= 0.6 is 0 Å². The number of hydrogen-bond donors (Lipinski definition) is 2. The zero-order valence-corrected chi connectivity index (χ0v) is 16.1. The molecule has 0 saturated heterocycles. The summed E-state index contributed by atoms with van der Waals surface area (Å²) < 4.78 is 38.8. The number of amides is 2. The van der Waals surface area contributed by atoms with Crippen LogP contribution in [0, 0.1) is 17.6 Å². The van der Waals surface area contributed by atoms with Gasteiger partial charge in [-0.2, -0.15) is 0 Å². The average Bonchev–Trinajstić information content (AvgIpc) is 2.69. The molecule has 0 saturated carbocycles. The number of fused-ring (bicyclic) bond motifs is 1. The van der Waals surface area contributed by atoms with Crippen LogP contribution < -0.4 is 20.1 Å². The van der Waals surface area contributed by atoms with Crippen molar-refractivity contribution in [3.8, 4) is 11.5 Å². The van der Waals surface area contributed by atoms with Gasteiger partial charge in [0.2, 0.25) is 5.91 Å². The van der Waals surface area contributed by atoms with Gasteiger partial charge in [-0.1, -0.05) is 32.0 Å². The molecule has 0 bridgehead atoms. The Bertz CT molecular complexity index is 897. The maximum atomic E-state index is 13.9. The zero-order chi connectivity index (χ0) is 21.0. The number of rotatable bonds is 6. The van der Waals surface area contributed by atoms with Gasteiger partial charge in [-0.3, -0.25) is 9.59 Å². The number of para-hydroxylation sites is 1. The lowest BCUT2D eigenvalue weighted by atomic mass is 10.0. The molecule has 8 heteroatoms. The topological polar surface area (TPSA) is 76.7 Å². The molecule has 0 aromatic heterocycles. The van der Waals surface area contributed by atoms with Crippen molar-refractivity contribution in [1.82, 2.24) is 10.6 Å². The smallest absolute Gasteiger partial charge is 0.257 e. The summed E-state index contributed by atoms with van der Waals surface area (Å²) in [6, 6.07) is 7.54. The molecule has 3 rings (SSSR count). The normalized spacial score (nSPS) is 13.7. The minimum Gasteiger partial charge on any atom is -0.486 e. The fourth-order valence-electron chi connectivity index (χ4n) is 3.03. The molecule has 2 aromatic carbocycles. The van der Waals surface area contributed by atoms with Crippen molar-refractivity contribution >= 4 is 11.8 Å². The lowest BCUT2D eigenvalue weighted by molar-refractivity contribution is -0.124. The highest BCUT2D eigenvalue weighted by Gasteiger charge is 2.27. The van der Waals surface area contributed by atoms with Crippen molar-refractivity contribution in [2.75, 3.05) is 13.2 Å². The van der Waals surface area contributed by atoms with Crippen LogP contribution in [0.15, 0.2) is 36.4 Å². The highest BCUT2D eigenvalue weighted by molar-refractivity contribution is 5.98. The van der Waals surface area contributed by atoms with Crippen LogP contribution in [0.5, 0.6) is 11.5 Å². The van der Waals surface area contributed by atoms with Crippen LogP contribution in [-0.4, -0.2) is 31.1 Å². The summed E-state index contributed by atoms with van der Waals surface area (Å²) >= 11 is 0. The summed E-state index contributed by atoms with van der Waals surface area (Å²) in [6.07, 6.45) is 0. The standard InChI is InChI=1S/C21H22F2N2O4/c1-12(2)18(25-20(26)17-14(22)6-4-7-15(17)23)21(27)24-11-13-5-3-8-16-19(13)29-10-9-28-16/h3-8,12,18H,9-11H2,1-2H3,(H,24,27)(H,25,26). The maximum Gasteiger partial charge on any atom is 0.257 e. The van der Waals surface area contributed by atoms with Gasteiger partial charge in [-0.05, 0) is 24.1 Å². The average molecular weight is 404 g/mol. The molecule has 1 aliphatic rings. The second kappa shape index (κ2) is 8.89. The van der Waals surface area contributed by atoms with E-state index in [1.54, 1.807) is 32.0 Å². The number of nitrogens with one attached hydrogen (secondary N) is 2. The third kappa shape index (κ3) is 4.64. The Kier molecular flexibility index (Phi) is 6.31. The summed E-state index contributed by atoms with van der Waals surface area (Å²) in [7, 11) is 0. The Hall–Kier alpha value is -3.16. The molecule has 0 spiro atoms. The molecule has 1 unspecified atom stereocenters. The van der Waals surface area contributed by atoms with Gasteiger partial charge in [0.1, 0.15) is 36.5 Å². The van der Waals surface area contributed by atoms with Crippen molar-refractivity contribution in [3.05, 3.63) is 59.2 Å². The minimum absolute atomic E-state index is 0.151. The molecule has 2 N–H and O–H groups in total. The first-order valence-electron chi connectivity index (χ1n) is 9.28. The van der Waals surface area contributed by atoms with E-state index >= 15 is 0 Å². The van der Waals surface area contributed by atoms with Gasteiger partial charge < -0.3 is 20.1 Å². The number of carbonyl (C=O) groups is 2. The molecular weight excluding hydrogens is 382 g/mol. The number of ether oxygens (including phenoxy) is 2. The van der Waals surface area contributed by atoms with Crippen LogP contribution in [0.1, 0.15) is 29.8 Å². The fraction of sp³-hybridized carbons (Fsp3) is 0.333. The maximum absolute atomic E-state index is 13.9. The summed E-state index contributed by atoms with van der Waals surface area (Å²) in [5.74, 6) is -2.57. The van der Waals surface area contributed by atoms with Gasteiger partial charge >= 0.3 is 0 Å². The van der Waals surface area contributed by atoms with Gasteiger partial charge in [0, 0.05) is 12.1 Å². The van der Waals surface area contributed by atoms with E-state index < -0.39 is 35.1 Å². The first-order chi connectivity index (χ1) is 13.9. The second-order valence-corrected chi connectivity index (χ2v) is 6.95. The number of hydrogen-bond acceptors (Lipinski definition) is 4. The Morgan fingerprint density at radius 3 is 2.38 bits per heavy atom.